The van der Waals surface area contributed by atoms with E-state index in [2.05, 4.69) is 44.3 Å². The van der Waals surface area contributed by atoms with Gasteiger partial charge in [-0.3, -0.25) is 14.9 Å². The standard InChI is InChI=1S/C19H14IN3O2S/c20-14-5-1-11(2-6-14)18(25)23-19-22-16(10-26-19)13-3-7-15-12(9-13)4-8-17(24)21-15/h1-3,5-7,9-10H,4,8H2,(H,21,24)(H,22,23,25). The van der Waals surface area contributed by atoms with Crippen LogP contribution in [0.5, 0.6) is 0 Å². The first kappa shape index (κ1) is 17.2. The van der Waals surface area contributed by atoms with Gasteiger partial charge < -0.3 is 5.32 Å². The number of hydrogen-bond acceptors (Lipinski definition) is 4. The van der Waals surface area contributed by atoms with Crippen molar-refractivity contribution in [2.45, 2.75) is 12.8 Å². The fraction of sp³-hybridized carbons (Fsp3) is 0.105. The normalized spacial score (nSPS) is 13.0. The lowest BCUT2D eigenvalue weighted by atomic mass is 9.99. The van der Waals surface area contributed by atoms with E-state index in [-0.39, 0.29) is 11.8 Å². The topological polar surface area (TPSA) is 71.1 Å². The van der Waals surface area contributed by atoms with Crippen molar-refractivity contribution in [2.75, 3.05) is 10.6 Å². The molecule has 0 saturated carbocycles. The summed E-state index contributed by atoms with van der Waals surface area (Å²) in [5, 5.41) is 8.21. The van der Waals surface area contributed by atoms with E-state index in [1.54, 1.807) is 12.1 Å². The smallest absolute Gasteiger partial charge is 0.257 e. The molecule has 0 fully saturated rings. The fourth-order valence-electron chi connectivity index (χ4n) is 2.78. The predicted molar refractivity (Wildman–Crippen MR) is 112 cm³/mol. The summed E-state index contributed by atoms with van der Waals surface area (Å²) in [5.74, 6) is -0.116. The number of hydrogen-bond donors (Lipinski definition) is 2. The van der Waals surface area contributed by atoms with E-state index in [9.17, 15) is 9.59 Å². The lowest BCUT2D eigenvalue weighted by Crippen LogP contribution is -2.18. The van der Waals surface area contributed by atoms with Gasteiger partial charge in [0.05, 0.1) is 5.69 Å². The molecule has 0 bridgehead atoms. The molecule has 0 saturated heterocycles. The molecule has 4 rings (SSSR count). The quantitative estimate of drug-likeness (QED) is 0.546. The molecule has 1 aliphatic heterocycles. The van der Waals surface area contributed by atoms with Gasteiger partial charge in [-0.2, -0.15) is 0 Å². The minimum atomic E-state index is -0.171. The van der Waals surface area contributed by atoms with Crippen molar-refractivity contribution in [2.24, 2.45) is 0 Å². The van der Waals surface area contributed by atoms with Crippen LogP contribution >= 0.6 is 33.9 Å². The molecule has 2 amide bonds. The lowest BCUT2D eigenvalue weighted by Gasteiger charge is -2.17. The zero-order valence-corrected chi connectivity index (χ0v) is 16.6. The van der Waals surface area contributed by atoms with Crippen LogP contribution in [-0.2, 0) is 11.2 Å². The number of aromatic nitrogens is 1. The second-order valence-corrected chi connectivity index (χ2v) is 8.02. The van der Waals surface area contributed by atoms with Crippen molar-refractivity contribution in [1.29, 1.82) is 0 Å². The summed E-state index contributed by atoms with van der Waals surface area (Å²) in [6.45, 7) is 0. The maximum absolute atomic E-state index is 12.3. The monoisotopic (exact) mass is 475 g/mol. The van der Waals surface area contributed by atoms with Crippen molar-refractivity contribution >= 4 is 56.6 Å². The number of carbonyl (C=O) groups excluding carboxylic acids is 2. The highest BCUT2D eigenvalue weighted by Gasteiger charge is 2.16. The summed E-state index contributed by atoms with van der Waals surface area (Å²) < 4.78 is 1.08. The molecule has 0 atom stereocenters. The molecule has 0 unspecified atom stereocenters. The van der Waals surface area contributed by atoms with Crippen LogP contribution in [-0.4, -0.2) is 16.8 Å². The number of anilines is 2. The molecule has 5 nitrogen and oxygen atoms in total. The summed E-state index contributed by atoms with van der Waals surface area (Å²) >= 11 is 3.60. The Kier molecular flexibility index (Phi) is 4.73. The molecule has 0 spiro atoms. The summed E-state index contributed by atoms with van der Waals surface area (Å²) in [6.07, 6.45) is 1.24. The molecule has 1 aromatic heterocycles. The number of nitrogens with one attached hydrogen (secondary N) is 2. The van der Waals surface area contributed by atoms with Crippen molar-refractivity contribution in [3.8, 4) is 11.3 Å². The minimum Gasteiger partial charge on any atom is -0.326 e. The molecule has 0 aliphatic carbocycles. The van der Waals surface area contributed by atoms with Gasteiger partial charge >= 0.3 is 0 Å². The van der Waals surface area contributed by atoms with Gasteiger partial charge in [-0.15, -0.1) is 11.3 Å². The maximum Gasteiger partial charge on any atom is 0.257 e. The van der Waals surface area contributed by atoms with Crippen LogP contribution in [0.25, 0.3) is 11.3 Å². The molecular weight excluding hydrogens is 461 g/mol. The van der Waals surface area contributed by atoms with Crippen LogP contribution in [0.4, 0.5) is 10.8 Å². The summed E-state index contributed by atoms with van der Waals surface area (Å²) in [5.41, 5.74) is 4.37. The third kappa shape index (κ3) is 3.63. The number of carbonyl (C=O) groups is 2. The number of aryl methyl sites for hydroxylation is 1. The zero-order valence-electron chi connectivity index (χ0n) is 13.6. The van der Waals surface area contributed by atoms with Gasteiger partial charge in [0.1, 0.15) is 0 Å². The third-order valence-corrected chi connectivity index (χ3v) is 5.60. The Bertz CT molecular complexity index is 998. The Morgan fingerprint density at radius 2 is 1.96 bits per heavy atom. The molecule has 1 aliphatic rings. The number of fused-ring (bicyclic) bond motifs is 1. The van der Waals surface area contributed by atoms with E-state index < -0.39 is 0 Å². The van der Waals surface area contributed by atoms with Crippen LogP contribution in [0.2, 0.25) is 0 Å². The second kappa shape index (κ2) is 7.16. The molecule has 2 aromatic carbocycles. The third-order valence-electron chi connectivity index (χ3n) is 4.13. The average Bonchev–Trinajstić information content (AvgIpc) is 3.10. The van der Waals surface area contributed by atoms with Crippen LogP contribution in [0.15, 0.2) is 47.8 Å². The van der Waals surface area contributed by atoms with Crippen LogP contribution in [0, 0.1) is 3.57 Å². The number of benzene rings is 2. The van der Waals surface area contributed by atoms with Gasteiger partial charge in [0, 0.05) is 32.2 Å². The Balaban J connectivity index is 1.52. The van der Waals surface area contributed by atoms with Crippen molar-refractivity contribution in [3.05, 3.63) is 62.5 Å². The molecule has 2 N–H and O–H groups in total. The highest BCUT2D eigenvalue weighted by molar-refractivity contribution is 14.1. The van der Waals surface area contributed by atoms with E-state index >= 15 is 0 Å². The minimum absolute atomic E-state index is 0.0551. The van der Waals surface area contributed by atoms with Crippen LogP contribution in [0.1, 0.15) is 22.3 Å². The number of halogens is 1. The van der Waals surface area contributed by atoms with E-state index in [1.165, 1.54) is 11.3 Å². The Morgan fingerprint density at radius 1 is 1.15 bits per heavy atom. The lowest BCUT2D eigenvalue weighted by molar-refractivity contribution is -0.116. The molecule has 26 heavy (non-hydrogen) atoms. The first-order valence-corrected chi connectivity index (χ1v) is 10.00. The van der Waals surface area contributed by atoms with Gasteiger partial charge in [0.2, 0.25) is 5.91 Å². The van der Waals surface area contributed by atoms with E-state index in [0.29, 0.717) is 17.1 Å². The van der Waals surface area contributed by atoms with Crippen molar-refractivity contribution in [3.63, 3.8) is 0 Å². The first-order chi connectivity index (χ1) is 12.6. The van der Waals surface area contributed by atoms with E-state index in [0.717, 1.165) is 32.5 Å². The highest BCUT2D eigenvalue weighted by Crippen LogP contribution is 2.30. The average molecular weight is 475 g/mol. The number of rotatable bonds is 3. The predicted octanol–water partition coefficient (Wildman–Crippen LogP) is 4.55. The maximum atomic E-state index is 12.3. The number of nitrogens with zero attached hydrogens (tertiary/aromatic N) is 1. The molecule has 7 heteroatoms. The largest absolute Gasteiger partial charge is 0.326 e. The highest BCUT2D eigenvalue weighted by atomic mass is 127. The first-order valence-electron chi connectivity index (χ1n) is 8.04. The molecule has 2 heterocycles. The van der Waals surface area contributed by atoms with Crippen molar-refractivity contribution in [1.82, 2.24) is 4.98 Å². The molecule has 130 valence electrons. The van der Waals surface area contributed by atoms with Gasteiger partial charge in [-0.05, 0) is 71.0 Å². The van der Waals surface area contributed by atoms with Gasteiger partial charge in [0.15, 0.2) is 5.13 Å². The molecule has 0 radical (unpaired) electrons. The second-order valence-electron chi connectivity index (χ2n) is 5.92. The zero-order chi connectivity index (χ0) is 18.1. The SMILES string of the molecule is O=C1CCc2cc(-c3csc(NC(=O)c4ccc(I)cc4)n3)ccc2N1. The Morgan fingerprint density at radius 3 is 2.77 bits per heavy atom. The molecule has 3 aromatic rings. The number of thiazole rings is 1. The molecular formula is C19H14IN3O2S. The summed E-state index contributed by atoms with van der Waals surface area (Å²) in [6, 6.07) is 13.3. The Labute approximate surface area is 168 Å². The summed E-state index contributed by atoms with van der Waals surface area (Å²) in [7, 11) is 0. The van der Waals surface area contributed by atoms with Gasteiger partial charge in [0.25, 0.3) is 5.91 Å². The van der Waals surface area contributed by atoms with E-state index in [4.69, 9.17) is 0 Å². The van der Waals surface area contributed by atoms with Crippen LogP contribution in [0.3, 0.4) is 0 Å². The van der Waals surface area contributed by atoms with Gasteiger partial charge in [-0.1, -0.05) is 6.07 Å². The van der Waals surface area contributed by atoms with Gasteiger partial charge in [-0.25, -0.2) is 4.98 Å². The van der Waals surface area contributed by atoms with Crippen LogP contribution < -0.4 is 10.6 Å². The number of amides is 2. The van der Waals surface area contributed by atoms with E-state index in [1.807, 2.05) is 29.6 Å². The Hall–Kier alpha value is -2.26. The fourth-order valence-corrected chi connectivity index (χ4v) is 3.85. The summed E-state index contributed by atoms with van der Waals surface area (Å²) in [4.78, 5) is 28.3. The van der Waals surface area contributed by atoms with Crippen molar-refractivity contribution < 1.29 is 9.59 Å².